The summed E-state index contributed by atoms with van der Waals surface area (Å²) in [7, 11) is 3.89. The molecule has 1 unspecified atom stereocenters. The fraction of sp³-hybridized carbons (Fsp3) is 0.308. The van der Waals surface area contributed by atoms with Gasteiger partial charge in [-0.1, -0.05) is 24.3 Å². The van der Waals surface area contributed by atoms with E-state index in [9.17, 15) is 5.11 Å². The molecule has 1 aromatic carbocycles. The van der Waals surface area contributed by atoms with E-state index in [1.54, 1.807) is 6.20 Å². The standard InChI is InChI=1S/C13H16N2O/c1-15(2)9-13(16)12-8-14-7-10-5-3-4-6-11(10)12/h3-8,13,16H,9H2,1-2H3. The molecular formula is C13H16N2O. The summed E-state index contributed by atoms with van der Waals surface area (Å²) in [6, 6.07) is 7.99. The van der Waals surface area contributed by atoms with Gasteiger partial charge in [0.05, 0.1) is 6.10 Å². The van der Waals surface area contributed by atoms with Crippen LogP contribution >= 0.6 is 0 Å². The molecule has 3 nitrogen and oxygen atoms in total. The van der Waals surface area contributed by atoms with Crippen molar-refractivity contribution < 1.29 is 5.11 Å². The smallest absolute Gasteiger partial charge is 0.0937 e. The van der Waals surface area contributed by atoms with Crippen molar-refractivity contribution in [2.75, 3.05) is 20.6 Å². The lowest BCUT2D eigenvalue weighted by atomic mass is 10.0. The van der Waals surface area contributed by atoms with Gasteiger partial charge >= 0.3 is 0 Å². The van der Waals surface area contributed by atoms with Gasteiger partial charge < -0.3 is 10.0 Å². The summed E-state index contributed by atoms with van der Waals surface area (Å²) in [4.78, 5) is 6.13. The van der Waals surface area contributed by atoms with Gasteiger partial charge in [0, 0.05) is 29.9 Å². The van der Waals surface area contributed by atoms with E-state index in [-0.39, 0.29) is 0 Å². The third-order valence-corrected chi connectivity index (χ3v) is 2.60. The maximum Gasteiger partial charge on any atom is 0.0937 e. The van der Waals surface area contributed by atoms with Crippen molar-refractivity contribution in [3.8, 4) is 0 Å². The van der Waals surface area contributed by atoms with Crippen LogP contribution in [-0.2, 0) is 0 Å². The topological polar surface area (TPSA) is 36.4 Å². The van der Waals surface area contributed by atoms with Crippen LogP contribution in [-0.4, -0.2) is 35.6 Å². The van der Waals surface area contributed by atoms with E-state index in [4.69, 9.17) is 0 Å². The first-order valence-corrected chi connectivity index (χ1v) is 5.34. The molecule has 1 atom stereocenters. The van der Waals surface area contributed by atoms with Crippen molar-refractivity contribution in [3.63, 3.8) is 0 Å². The fourth-order valence-corrected chi connectivity index (χ4v) is 1.85. The predicted octanol–water partition coefficient (Wildman–Crippen LogP) is 1.83. The van der Waals surface area contributed by atoms with Crippen LogP contribution in [0.4, 0.5) is 0 Å². The normalized spacial score (nSPS) is 13.2. The van der Waals surface area contributed by atoms with Gasteiger partial charge in [-0.3, -0.25) is 4.98 Å². The molecule has 0 radical (unpaired) electrons. The Morgan fingerprint density at radius 2 is 2.00 bits per heavy atom. The molecule has 1 heterocycles. The van der Waals surface area contributed by atoms with E-state index < -0.39 is 6.10 Å². The molecule has 1 N–H and O–H groups in total. The number of benzene rings is 1. The molecule has 0 aliphatic carbocycles. The maximum atomic E-state index is 10.1. The van der Waals surface area contributed by atoms with Gasteiger partial charge in [0.1, 0.15) is 0 Å². The molecule has 2 aromatic rings. The molecule has 0 spiro atoms. The molecule has 0 aliphatic heterocycles. The van der Waals surface area contributed by atoms with Gasteiger partial charge in [-0.15, -0.1) is 0 Å². The number of fused-ring (bicyclic) bond motifs is 1. The molecule has 0 amide bonds. The van der Waals surface area contributed by atoms with Gasteiger partial charge in [-0.05, 0) is 19.5 Å². The highest BCUT2D eigenvalue weighted by molar-refractivity contribution is 5.84. The summed E-state index contributed by atoms with van der Waals surface area (Å²) in [5.74, 6) is 0. The highest BCUT2D eigenvalue weighted by Gasteiger charge is 2.12. The zero-order valence-corrected chi connectivity index (χ0v) is 9.59. The summed E-state index contributed by atoms with van der Waals surface area (Å²) in [6.45, 7) is 0.607. The molecular weight excluding hydrogens is 200 g/mol. The van der Waals surface area contributed by atoms with E-state index in [1.807, 2.05) is 49.5 Å². The van der Waals surface area contributed by atoms with Crippen LogP contribution in [0.1, 0.15) is 11.7 Å². The molecule has 0 fully saturated rings. The second-order valence-electron chi connectivity index (χ2n) is 4.23. The lowest BCUT2D eigenvalue weighted by Crippen LogP contribution is -2.20. The molecule has 0 saturated heterocycles. The van der Waals surface area contributed by atoms with Crippen LogP contribution in [0.15, 0.2) is 36.7 Å². The van der Waals surface area contributed by atoms with Crippen LogP contribution in [0.25, 0.3) is 10.8 Å². The first-order chi connectivity index (χ1) is 7.68. The van der Waals surface area contributed by atoms with Crippen molar-refractivity contribution in [3.05, 3.63) is 42.2 Å². The van der Waals surface area contributed by atoms with E-state index >= 15 is 0 Å². The lowest BCUT2D eigenvalue weighted by Gasteiger charge is -2.17. The summed E-state index contributed by atoms with van der Waals surface area (Å²) >= 11 is 0. The van der Waals surface area contributed by atoms with Gasteiger partial charge in [0.25, 0.3) is 0 Å². The van der Waals surface area contributed by atoms with E-state index in [2.05, 4.69) is 4.98 Å². The average Bonchev–Trinajstić information content (AvgIpc) is 2.27. The predicted molar refractivity (Wildman–Crippen MR) is 65.3 cm³/mol. The van der Waals surface area contributed by atoms with Crippen LogP contribution in [0.2, 0.25) is 0 Å². The minimum atomic E-state index is -0.492. The van der Waals surface area contributed by atoms with Crippen molar-refractivity contribution in [2.24, 2.45) is 0 Å². The second kappa shape index (κ2) is 4.60. The van der Waals surface area contributed by atoms with Gasteiger partial charge in [-0.2, -0.15) is 0 Å². The quantitative estimate of drug-likeness (QED) is 0.850. The molecule has 0 aliphatic rings. The summed E-state index contributed by atoms with van der Waals surface area (Å²) in [5.41, 5.74) is 0.895. The molecule has 0 saturated carbocycles. The Kier molecular flexibility index (Phi) is 3.17. The number of hydrogen-bond donors (Lipinski definition) is 1. The maximum absolute atomic E-state index is 10.1. The number of aliphatic hydroxyl groups is 1. The Labute approximate surface area is 95.3 Å². The van der Waals surface area contributed by atoms with Crippen molar-refractivity contribution in [1.29, 1.82) is 0 Å². The van der Waals surface area contributed by atoms with Crippen molar-refractivity contribution >= 4 is 10.8 Å². The van der Waals surface area contributed by atoms with Crippen LogP contribution in [0, 0.1) is 0 Å². The fourth-order valence-electron chi connectivity index (χ4n) is 1.85. The number of likely N-dealkylation sites (N-methyl/N-ethyl adjacent to an activating group) is 1. The number of rotatable bonds is 3. The Bertz CT molecular complexity index is 477. The molecule has 84 valence electrons. The zero-order chi connectivity index (χ0) is 11.5. The van der Waals surface area contributed by atoms with E-state index in [0.29, 0.717) is 6.54 Å². The van der Waals surface area contributed by atoms with Gasteiger partial charge in [-0.25, -0.2) is 0 Å². The third-order valence-electron chi connectivity index (χ3n) is 2.60. The largest absolute Gasteiger partial charge is 0.387 e. The number of aromatic nitrogens is 1. The molecule has 16 heavy (non-hydrogen) atoms. The van der Waals surface area contributed by atoms with Crippen molar-refractivity contribution in [1.82, 2.24) is 9.88 Å². The molecule has 1 aromatic heterocycles. The molecule has 3 heteroatoms. The SMILES string of the molecule is CN(C)CC(O)c1cncc2ccccc12. The number of aliphatic hydroxyl groups excluding tert-OH is 1. The second-order valence-corrected chi connectivity index (χ2v) is 4.23. The van der Waals surface area contributed by atoms with Crippen LogP contribution in [0.5, 0.6) is 0 Å². The lowest BCUT2D eigenvalue weighted by molar-refractivity contribution is 0.139. The Morgan fingerprint density at radius 3 is 2.75 bits per heavy atom. The highest BCUT2D eigenvalue weighted by atomic mass is 16.3. The summed E-state index contributed by atoms with van der Waals surface area (Å²) in [6.07, 6.45) is 3.08. The van der Waals surface area contributed by atoms with E-state index in [1.165, 1.54) is 0 Å². The van der Waals surface area contributed by atoms with Crippen molar-refractivity contribution in [2.45, 2.75) is 6.10 Å². The Hall–Kier alpha value is -1.45. The minimum Gasteiger partial charge on any atom is -0.387 e. The van der Waals surface area contributed by atoms with Gasteiger partial charge in [0.2, 0.25) is 0 Å². The van der Waals surface area contributed by atoms with E-state index in [0.717, 1.165) is 16.3 Å². The van der Waals surface area contributed by atoms with Crippen LogP contribution in [0.3, 0.4) is 0 Å². The summed E-state index contributed by atoms with van der Waals surface area (Å²) < 4.78 is 0. The minimum absolute atomic E-state index is 0.492. The molecule has 2 rings (SSSR count). The Balaban J connectivity index is 2.44. The Morgan fingerprint density at radius 1 is 1.25 bits per heavy atom. The first-order valence-electron chi connectivity index (χ1n) is 5.34. The first kappa shape index (κ1) is 11.0. The summed E-state index contributed by atoms with van der Waals surface area (Å²) in [5, 5.41) is 12.3. The molecule has 0 bridgehead atoms. The van der Waals surface area contributed by atoms with Gasteiger partial charge in [0.15, 0.2) is 0 Å². The number of hydrogen-bond acceptors (Lipinski definition) is 3. The average molecular weight is 216 g/mol. The number of pyridine rings is 1. The third kappa shape index (κ3) is 2.21. The highest BCUT2D eigenvalue weighted by Crippen LogP contribution is 2.23. The number of nitrogens with zero attached hydrogens (tertiary/aromatic N) is 2. The zero-order valence-electron chi connectivity index (χ0n) is 9.59. The monoisotopic (exact) mass is 216 g/mol. The van der Waals surface area contributed by atoms with Crippen LogP contribution < -0.4 is 0 Å².